The van der Waals surface area contributed by atoms with Gasteiger partial charge in [-0.05, 0) is 41.0 Å². The Bertz CT molecular complexity index is 1030. The topological polar surface area (TPSA) is 118 Å². The highest BCUT2D eigenvalue weighted by atomic mass is 16.2. The van der Waals surface area contributed by atoms with E-state index >= 15 is 0 Å². The molecule has 0 heterocycles. The first kappa shape index (κ1) is 18.7. The van der Waals surface area contributed by atoms with Crippen molar-refractivity contribution in [3.05, 3.63) is 83.9 Å². The third-order valence-electron chi connectivity index (χ3n) is 3.96. The van der Waals surface area contributed by atoms with Gasteiger partial charge < -0.3 is 22.3 Å². The fourth-order valence-corrected chi connectivity index (χ4v) is 2.78. The first-order valence-corrected chi connectivity index (χ1v) is 8.53. The van der Waals surface area contributed by atoms with Gasteiger partial charge in [-0.2, -0.15) is 10.2 Å². The number of para-hydroxylation sites is 1. The number of rotatable bonds is 5. The van der Waals surface area contributed by atoms with E-state index in [2.05, 4.69) is 20.8 Å². The lowest BCUT2D eigenvalue weighted by Crippen LogP contribution is -2.19. The summed E-state index contributed by atoms with van der Waals surface area (Å²) >= 11 is 0. The number of urea groups is 1. The number of hydrogen-bond donors (Lipinski definition) is 4. The van der Waals surface area contributed by atoms with Crippen molar-refractivity contribution in [3.8, 4) is 11.1 Å². The fraction of sp³-hybridized carbons (Fsp3) is 0. The van der Waals surface area contributed by atoms with Gasteiger partial charge in [-0.3, -0.25) is 0 Å². The van der Waals surface area contributed by atoms with Crippen LogP contribution in [0.1, 0.15) is 11.1 Å². The lowest BCUT2D eigenvalue weighted by Gasteiger charge is -2.13. The molecule has 3 rings (SSSR count). The minimum atomic E-state index is -0.353. The molecule has 0 radical (unpaired) electrons. The molecule has 3 aromatic rings. The Labute approximate surface area is 162 Å². The van der Waals surface area contributed by atoms with Crippen LogP contribution in [0.2, 0.25) is 0 Å². The quantitative estimate of drug-likeness (QED) is 0.311. The second-order valence-corrected chi connectivity index (χ2v) is 5.93. The molecule has 0 bridgehead atoms. The summed E-state index contributed by atoms with van der Waals surface area (Å²) in [5.41, 5.74) is 4.80. The van der Waals surface area contributed by atoms with Crippen LogP contribution < -0.4 is 22.3 Å². The van der Waals surface area contributed by atoms with E-state index in [0.717, 1.165) is 22.3 Å². The lowest BCUT2D eigenvalue weighted by atomic mass is 10.0. The predicted octanol–water partition coefficient (Wildman–Crippen LogP) is 3.58. The van der Waals surface area contributed by atoms with Crippen LogP contribution in [-0.2, 0) is 0 Å². The van der Waals surface area contributed by atoms with Crippen LogP contribution in [-0.4, -0.2) is 18.5 Å². The molecule has 0 atom stereocenters. The molecule has 0 aliphatic heterocycles. The monoisotopic (exact) mass is 372 g/mol. The van der Waals surface area contributed by atoms with E-state index in [9.17, 15) is 4.79 Å². The van der Waals surface area contributed by atoms with Gasteiger partial charge >= 0.3 is 6.03 Å². The summed E-state index contributed by atoms with van der Waals surface area (Å²) in [5.74, 6) is 10.4. The molecule has 0 unspecified atom stereocenters. The van der Waals surface area contributed by atoms with E-state index in [1.165, 1.54) is 6.21 Å². The molecule has 6 N–H and O–H groups in total. The number of anilines is 2. The van der Waals surface area contributed by atoms with Crippen LogP contribution in [0.25, 0.3) is 11.1 Å². The second-order valence-electron chi connectivity index (χ2n) is 5.93. The summed E-state index contributed by atoms with van der Waals surface area (Å²) in [4.78, 5) is 12.5. The SMILES string of the molecule is NN=Cc1cccc(NC(=O)Nc2ccccc2-c2cccc(C=NN)c2)c1. The Morgan fingerprint density at radius 1 is 0.786 bits per heavy atom. The maximum absolute atomic E-state index is 12.5. The standard InChI is InChI=1S/C21H20N6O/c22-24-13-15-5-3-7-17(11-15)19-9-1-2-10-20(19)27-21(28)26-18-8-4-6-16(12-18)14-25-23/h1-14H,22-23H2,(H2,26,27,28). The van der Waals surface area contributed by atoms with Gasteiger partial charge in [0, 0.05) is 11.3 Å². The number of nitrogens with one attached hydrogen (secondary N) is 2. The molecule has 28 heavy (non-hydrogen) atoms. The molecule has 7 heteroatoms. The maximum atomic E-state index is 12.5. The molecule has 0 aliphatic rings. The van der Waals surface area contributed by atoms with Crippen LogP contribution in [0.5, 0.6) is 0 Å². The number of nitrogens with zero attached hydrogens (tertiary/aromatic N) is 2. The Balaban J connectivity index is 1.81. The van der Waals surface area contributed by atoms with Crippen LogP contribution in [0.4, 0.5) is 16.2 Å². The Kier molecular flexibility index (Phi) is 5.99. The van der Waals surface area contributed by atoms with E-state index in [1.807, 2.05) is 60.7 Å². The second kappa shape index (κ2) is 9.00. The highest BCUT2D eigenvalue weighted by Crippen LogP contribution is 2.28. The fourth-order valence-electron chi connectivity index (χ4n) is 2.78. The van der Waals surface area contributed by atoms with Gasteiger partial charge in [-0.1, -0.05) is 48.5 Å². The summed E-state index contributed by atoms with van der Waals surface area (Å²) in [6.45, 7) is 0. The molecular formula is C21H20N6O. The van der Waals surface area contributed by atoms with E-state index in [0.29, 0.717) is 11.4 Å². The molecule has 7 nitrogen and oxygen atoms in total. The maximum Gasteiger partial charge on any atom is 0.323 e. The minimum absolute atomic E-state index is 0.353. The molecule has 2 amide bonds. The molecule has 140 valence electrons. The van der Waals surface area contributed by atoms with E-state index in [-0.39, 0.29) is 6.03 Å². The van der Waals surface area contributed by atoms with Crippen molar-refractivity contribution >= 4 is 29.8 Å². The zero-order chi connectivity index (χ0) is 19.8. The van der Waals surface area contributed by atoms with Crippen LogP contribution >= 0.6 is 0 Å². The molecule has 0 fully saturated rings. The minimum Gasteiger partial charge on any atom is -0.323 e. The van der Waals surface area contributed by atoms with Crippen LogP contribution in [0, 0.1) is 0 Å². The number of amides is 2. The Morgan fingerprint density at radius 3 is 2.21 bits per heavy atom. The number of hydrazone groups is 2. The van der Waals surface area contributed by atoms with Gasteiger partial charge in [0.1, 0.15) is 0 Å². The van der Waals surface area contributed by atoms with Crippen LogP contribution in [0.15, 0.2) is 83.0 Å². The first-order chi connectivity index (χ1) is 13.7. The van der Waals surface area contributed by atoms with Crippen LogP contribution in [0.3, 0.4) is 0 Å². The number of hydrogen-bond acceptors (Lipinski definition) is 5. The van der Waals surface area contributed by atoms with Crippen molar-refractivity contribution in [1.29, 1.82) is 0 Å². The zero-order valence-corrected chi connectivity index (χ0v) is 15.0. The number of nitrogens with two attached hydrogens (primary N) is 2. The lowest BCUT2D eigenvalue weighted by molar-refractivity contribution is 0.262. The molecular weight excluding hydrogens is 352 g/mol. The zero-order valence-electron chi connectivity index (χ0n) is 15.0. The first-order valence-electron chi connectivity index (χ1n) is 8.53. The van der Waals surface area contributed by atoms with Crippen molar-refractivity contribution in [3.63, 3.8) is 0 Å². The van der Waals surface area contributed by atoms with E-state index in [1.54, 1.807) is 18.3 Å². The highest BCUT2D eigenvalue weighted by Gasteiger charge is 2.09. The highest BCUT2D eigenvalue weighted by molar-refractivity contribution is 6.02. The summed E-state index contributed by atoms with van der Waals surface area (Å²) in [6.07, 6.45) is 3.08. The predicted molar refractivity (Wildman–Crippen MR) is 115 cm³/mol. The number of carbonyl (C=O) groups excluding carboxylic acids is 1. The van der Waals surface area contributed by atoms with Crippen molar-refractivity contribution in [1.82, 2.24) is 0 Å². The van der Waals surface area contributed by atoms with Crippen molar-refractivity contribution in [2.75, 3.05) is 10.6 Å². The van der Waals surface area contributed by atoms with E-state index in [4.69, 9.17) is 11.7 Å². The molecule has 0 saturated heterocycles. The van der Waals surface area contributed by atoms with Gasteiger partial charge in [-0.15, -0.1) is 0 Å². The van der Waals surface area contributed by atoms with Gasteiger partial charge in [-0.25, -0.2) is 4.79 Å². The largest absolute Gasteiger partial charge is 0.323 e. The Morgan fingerprint density at radius 2 is 1.46 bits per heavy atom. The van der Waals surface area contributed by atoms with Gasteiger partial charge in [0.2, 0.25) is 0 Å². The van der Waals surface area contributed by atoms with Gasteiger partial charge in [0.05, 0.1) is 18.1 Å². The summed E-state index contributed by atoms with van der Waals surface area (Å²) in [7, 11) is 0. The average molecular weight is 372 g/mol. The summed E-state index contributed by atoms with van der Waals surface area (Å²) in [5, 5.41) is 12.7. The van der Waals surface area contributed by atoms with Gasteiger partial charge in [0.25, 0.3) is 0 Å². The molecule has 0 saturated carbocycles. The van der Waals surface area contributed by atoms with Crippen molar-refractivity contribution < 1.29 is 4.79 Å². The van der Waals surface area contributed by atoms with E-state index < -0.39 is 0 Å². The summed E-state index contributed by atoms with van der Waals surface area (Å²) < 4.78 is 0. The summed E-state index contributed by atoms with van der Waals surface area (Å²) in [6, 6.07) is 22.1. The molecule has 0 spiro atoms. The molecule has 3 aromatic carbocycles. The molecule has 0 aromatic heterocycles. The average Bonchev–Trinajstić information content (AvgIpc) is 2.69. The number of benzene rings is 3. The number of carbonyl (C=O) groups is 1. The Hall–Kier alpha value is -4.13. The third kappa shape index (κ3) is 4.73. The van der Waals surface area contributed by atoms with Gasteiger partial charge in [0.15, 0.2) is 0 Å². The smallest absolute Gasteiger partial charge is 0.323 e. The molecule has 0 aliphatic carbocycles. The normalized spacial score (nSPS) is 11.0. The third-order valence-corrected chi connectivity index (χ3v) is 3.96. The van der Waals surface area contributed by atoms with Crippen molar-refractivity contribution in [2.45, 2.75) is 0 Å². The van der Waals surface area contributed by atoms with Crippen molar-refractivity contribution in [2.24, 2.45) is 21.9 Å².